The van der Waals surface area contributed by atoms with Gasteiger partial charge in [-0.3, -0.25) is 23.5 Å². The van der Waals surface area contributed by atoms with E-state index in [-0.39, 0.29) is 19.6 Å². The van der Waals surface area contributed by atoms with E-state index in [1.165, 1.54) is 48.5 Å². The number of rotatable bonds is 8. The van der Waals surface area contributed by atoms with Crippen molar-refractivity contribution in [2.75, 3.05) is 0 Å². The van der Waals surface area contributed by atoms with Gasteiger partial charge in [-0.05, 0) is 81.9 Å². The fraction of sp³-hybridized carbons (Fsp3) is 0.0333. The van der Waals surface area contributed by atoms with Crippen LogP contribution in [0.1, 0.15) is 67.7 Å². The van der Waals surface area contributed by atoms with E-state index in [2.05, 4.69) is 10.3 Å². The molecule has 16 nitrogen and oxygen atoms in total. The zero-order valence-corrected chi connectivity index (χ0v) is 44.5. The molecule has 1 aromatic heterocycles. The Morgan fingerprint density at radius 2 is 0.625 bits per heavy atom. The first kappa shape index (κ1) is 50.9. The number of aliphatic imine (C=N–C) groups is 2. The Bertz CT molecular complexity index is 4630. The van der Waals surface area contributed by atoms with Crippen molar-refractivity contribution < 1.29 is 51.9 Å². The number of aromatic nitrogens is 1. The summed E-state index contributed by atoms with van der Waals surface area (Å²) >= 11 is 0. The van der Waals surface area contributed by atoms with Gasteiger partial charge in [-0.1, -0.05) is 146 Å². The molecule has 20 heteroatoms. The SMILES string of the molecule is O=S(=O)(O)c1ccc(/C2=C3N=C(/C(c4ccc(S(=O)(=O)O)cc4)=c4\[nH]/c(c5ccccc45)=C(/c4ccc(S(=O)(=O)O)cc4)C4=N/C(=C(/c5ccc(S(=O)(=O)O)cc5)C5NC2c2ccccc25)c2ccccc24)c2ccccc2/3)cc1. The predicted octanol–water partition coefficient (Wildman–Crippen LogP) is 8.69. The molecule has 80 heavy (non-hydrogen) atoms. The van der Waals surface area contributed by atoms with Crippen LogP contribution in [0.4, 0.5) is 0 Å². The van der Waals surface area contributed by atoms with Crippen molar-refractivity contribution in [2.24, 2.45) is 9.98 Å². The Morgan fingerprint density at radius 1 is 0.338 bits per heavy atom. The topological polar surface area (TPSA) is 270 Å². The van der Waals surface area contributed by atoms with Crippen molar-refractivity contribution in [1.29, 1.82) is 0 Å². The molecule has 0 saturated heterocycles. The van der Waals surface area contributed by atoms with E-state index in [1.807, 2.05) is 97.1 Å². The standard InChI is InChI=1S/C60H40N4O12S4/c65-77(66,67)37-25-17-33(18-26-37)49-53-41-9-1-2-10-42(41)54(61-53)50(34-19-27-38(28-20-34)78(68,69)70)56-45-13-5-6-14-46(45)58(63-56)52(36-23-31-40(32-24-36)80(74,75)76)60-48-16-8-7-15-47(48)59(64-60)51(35-21-29-39(30-22-35)79(71,72)73)57-44-12-4-3-11-43(44)55(49)62-57/h1-32,53-54,61,64H,(H,65,66,67)(H,68,69,70)(H,71,72,73)(H,74,75,76)/b55-49-,56-50-,59-51-,60-52-. The van der Waals surface area contributed by atoms with Gasteiger partial charge in [0.1, 0.15) is 0 Å². The smallest absolute Gasteiger partial charge is 0.294 e. The van der Waals surface area contributed by atoms with Gasteiger partial charge in [-0.2, -0.15) is 33.7 Å². The first-order chi connectivity index (χ1) is 38.2. The summed E-state index contributed by atoms with van der Waals surface area (Å²) in [7, 11) is -18.6. The summed E-state index contributed by atoms with van der Waals surface area (Å²) in [4.78, 5) is 13.7. The van der Waals surface area contributed by atoms with Gasteiger partial charge in [0.15, 0.2) is 0 Å². The molecule has 0 amide bonds. The van der Waals surface area contributed by atoms with Crippen molar-refractivity contribution in [1.82, 2.24) is 10.3 Å². The highest BCUT2D eigenvalue weighted by molar-refractivity contribution is 7.86. The molecular weight excluding hydrogens is 1100 g/mol. The summed E-state index contributed by atoms with van der Waals surface area (Å²) in [6, 6.07) is 51.9. The fourth-order valence-electron chi connectivity index (χ4n) is 11.4. The van der Waals surface area contributed by atoms with Crippen LogP contribution in [0.5, 0.6) is 0 Å². The van der Waals surface area contributed by atoms with E-state index in [0.29, 0.717) is 111 Å². The van der Waals surface area contributed by atoms with Gasteiger partial charge < -0.3 is 4.98 Å². The van der Waals surface area contributed by atoms with Crippen LogP contribution in [-0.2, 0) is 40.5 Å². The van der Waals surface area contributed by atoms with E-state index in [1.54, 1.807) is 48.5 Å². The first-order valence-electron chi connectivity index (χ1n) is 24.6. The molecule has 6 N–H and O–H groups in total. The summed E-state index contributed by atoms with van der Waals surface area (Å²) in [5, 5.41) is 6.29. The molecule has 0 saturated carbocycles. The normalized spacial score (nSPS) is 20.2. The Morgan fingerprint density at radius 3 is 0.950 bits per heavy atom. The fourth-order valence-corrected chi connectivity index (χ4v) is 13.3. The third-order valence-electron chi connectivity index (χ3n) is 14.9. The lowest BCUT2D eigenvalue weighted by molar-refractivity contribution is 0.481. The Kier molecular flexibility index (Phi) is 11.8. The Hall–Kier alpha value is -8.54. The van der Waals surface area contributed by atoms with Gasteiger partial charge in [0.05, 0.1) is 65.2 Å². The molecule has 396 valence electrons. The van der Waals surface area contributed by atoms with Gasteiger partial charge in [0.2, 0.25) is 0 Å². The quantitative estimate of drug-likeness (QED) is 0.0778. The second kappa shape index (κ2) is 18.5. The molecule has 2 unspecified atom stereocenters. The van der Waals surface area contributed by atoms with E-state index >= 15 is 0 Å². The highest BCUT2D eigenvalue weighted by Crippen LogP contribution is 2.52. The number of aromatic amines is 1. The van der Waals surface area contributed by atoms with Crippen LogP contribution in [0.15, 0.2) is 224 Å². The van der Waals surface area contributed by atoms with Crippen LogP contribution in [-0.4, -0.2) is 68.3 Å². The molecule has 1 aliphatic carbocycles. The molecule has 13 rings (SSSR count). The average Bonchev–Trinajstić information content (AvgIpc) is 4.37. The molecule has 9 aromatic rings. The van der Waals surface area contributed by atoms with Crippen LogP contribution in [0, 0.1) is 0 Å². The third-order valence-corrected chi connectivity index (χ3v) is 18.3. The minimum atomic E-state index is -4.65. The molecule has 2 atom stereocenters. The van der Waals surface area contributed by atoms with Gasteiger partial charge in [-0.25, -0.2) is 9.98 Å². The van der Waals surface area contributed by atoms with Gasteiger partial charge in [-0.15, -0.1) is 0 Å². The number of nitrogens with one attached hydrogen (secondary N) is 2. The second-order valence-electron chi connectivity index (χ2n) is 19.4. The zero-order valence-electron chi connectivity index (χ0n) is 41.2. The maximum absolute atomic E-state index is 12.6. The Labute approximate surface area is 457 Å². The lowest BCUT2D eigenvalue weighted by Crippen LogP contribution is -2.23. The average molecular weight is 1140 g/mol. The van der Waals surface area contributed by atoms with Crippen LogP contribution >= 0.6 is 0 Å². The second-order valence-corrected chi connectivity index (χ2v) is 25.1. The van der Waals surface area contributed by atoms with Crippen molar-refractivity contribution in [2.45, 2.75) is 31.7 Å². The van der Waals surface area contributed by atoms with Crippen LogP contribution in [0.25, 0.3) is 44.5 Å². The summed E-state index contributed by atoms with van der Waals surface area (Å²) in [5.41, 5.74) is 10.1. The first-order valence-corrected chi connectivity index (χ1v) is 30.4. The van der Waals surface area contributed by atoms with Crippen molar-refractivity contribution >= 4 is 96.4 Å². The summed E-state index contributed by atoms with van der Waals surface area (Å²) in [6.45, 7) is 0. The maximum Gasteiger partial charge on any atom is 0.294 e. The lowest BCUT2D eigenvalue weighted by Gasteiger charge is -2.24. The molecular formula is C60H40N4O12S4. The predicted molar refractivity (Wildman–Crippen MR) is 302 cm³/mol. The number of nitrogens with zero attached hydrogens (tertiary/aromatic N) is 2. The molecule has 3 aliphatic heterocycles. The van der Waals surface area contributed by atoms with Gasteiger partial charge >= 0.3 is 0 Å². The monoisotopic (exact) mass is 1140 g/mol. The molecule has 8 bridgehead atoms. The zero-order chi connectivity index (χ0) is 55.6. The van der Waals surface area contributed by atoms with Crippen molar-refractivity contribution in [3.05, 3.63) is 260 Å². The van der Waals surface area contributed by atoms with Crippen LogP contribution < -0.4 is 16.0 Å². The van der Waals surface area contributed by atoms with Crippen molar-refractivity contribution in [3.8, 4) is 0 Å². The van der Waals surface area contributed by atoms with Crippen molar-refractivity contribution in [3.63, 3.8) is 0 Å². The maximum atomic E-state index is 12.6. The largest absolute Gasteiger partial charge is 0.353 e. The number of hydrogen-bond acceptors (Lipinski definition) is 11. The molecule has 4 heterocycles. The summed E-state index contributed by atoms with van der Waals surface area (Å²) in [5.74, 6) is 0. The summed E-state index contributed by atoms with van der Waals surface area (Å²) < 4.78 is 141. The van der Waals surface area contributed by atoms with E-state index < -0.39 is 52.6 Å². The van der Waals surface area contributed by atoms with E-state index in [4.69, 9.17) is 9.98 Å². The highest BCUT2D eigenvalue weighted by Gasteiger charge is 2.41. The molecule has 0 fully saturated rings. The molecule has 8 aromatic carbocycles. The van der Waals surface area contributed by atoms with E-state index in [9.17, 15) is 51.9 Å². The number of hydrogen-bond donors (Lipinski definition) is 6. The minimum Gasteiger partial charge on any atom is -0.353 e. The summed E-state index contributed by atoms with van der Waals surface area (Å²) in [6.07, 6.45) is 0. The number of benzene rings is 8. The molecule has 4 aliphatic rings. The van der Waals surface area contributed by atoms with Gasteiger partial charge in [0.25, 0.3) is 40.5 Å². The van der Waals surface area contributed by atoms with Gasteiger partial charge in [0, 0.05) is 55.3 Å². The minimum absolute atomic E-state index is 0.341. The highest BCUT2D eigenvalue weighted by atomic mass is 32.2. The van der Waals surface area contributed by atoms with Crippen LogP contribution in [0.3, 0.4) is 0 Å². The lowest BCUT2D eigenvalue weighted by atomic mass is 9.87. The van der Waals surface area contributed by atoms with Crippen LogP contribution in [0.2, 0.25) is 0 Å². The third kappa shape index (κ3) is 8.52. The number of H-pyrrole nitrogens is 1. The Balaban J connectivity index is 1.27. The molecule has 0 radical (unpaired) electrons. The van der Waals surface area contributed by atoms with E-state index in [0.717, 1.165) is 11.1 Å². The molecule has 0 spiro atoms.